The molecule has 0 aliphatic heterocycles. The summed E-state index contributed by atoms with van der Waals surface area (Å²) in [6.45, 7) is 2.78. The van der Waals surface area contributed by atoms with Crippen LogP contribution < -0.4 is 5.32 Å². The van der Waals surface area contributed by atoms with Crippen molar-refractivity contribution in [3.63, 3.8) is 0 Å². The van der Waals surface area contributed by atoms with Crippen molar-refractivity contribution in [3.8, 4) is 0 Å². The highest BCUT2D eigenvalue weighted by molar-refractivity contribution is 7.99. The fourth-order valence-corrected chi connectivity index (χ4v) is 3.01. The first-order valence-corrected chi connectivity index (χ1v) is 7.55. The Morgan fingerprint density at radius 2 is 1.90 bits per heavy atom. The molecule has 1 atom stereocenters. The SMILES string of the molecule is CCNC(CSc1ccccc1F)c1cccc(F)c1. The van der Waals surface area contributed by atoms with Gasteiger partial charge in [-0.05, 0) is 36.4 Å². The first kappa shape index (κ1) is 15.0. The number of hydrogen-bond acceptors (Lipinski definition) is 2. The first-order chi connectivity index (χ1) is 9.70. The second-order valence-electron chi connectivity index (χ2n) is 4.41. The van der Waals surface area contributed by atoms with Crippen LogP contribution in [0, 0.1) is 11.6 Å². The van der Waals surface area contributed by atoms with Crippen LogP contribution in [-0.4, -0.2) is 12.3 Å². The Kier molecular flexibility index (Phi) is 5.56. The van der Waals surface area contributed by atoms with Gasteiger partial charge in [-0.2, -0.15) is 0 Å². The minimum atomic E-state index is -0.249. The Hall–Kier alpha value is -1.39. The first-order valence-electron chi connectivity index (χ1n) is 6.57. The van der Waals surface area contributed by atoms with Crippen molar-refractivity contribution in [2.24, 2.45) is 0 Å². The van der Waals surface area contributed by atoms with Crippen LogP contribution >= 0.6 is 11.8 Å². The van der Waals surface area contributed by atoms with E-state index in [-0.39, 0.29) is 17.7 Å². The van der Waals surface area contributed by atoms with Gasteiger partial charge in [0, 0.05) is 16.7 Å². The maximum Gasteiger partial charge on any atom is 0.136 e. The van der Waals surface area contributed by atoms with Crippen LogP contribution in [0.15, 0.2) is 53.4 Å². The molecule has 0 amide bonds. The maximum absolute atomic E-state index is 13.6. The van der Waals surface area contributed by atoms with Gasteiger partial charge in [0.05, 0.1) is 0 Å². The molecule has 0 saturated carbocycles. The van der Waals surface area contributed by atoms with Crippen molar-refractivity contribution < 1.29 is 8.78 Å². The molecule has 4 heteroatoms. The van der Waals surface area contributed by atoms with E-state index in [1.807, 2.05) is 19.1 Å². The second-order valence-corrected chi connectivity index (χ2v) is 5.47. The molecule has 2 aromatic carbocycles. The zero-order valence-corrected chi connectivity index (χ0v) is 12.1. The summed E-state index contributed by atoms with van der Waals surface area (Å²) in [5.41, 5.74) is 0.885. The maximum atomic E-state index is 13.6. The number of hydrogen-bond donors (Lipinski definition) is 1. The molecule has 1 N–H and O–H groups in total. The highest BCUT2D eigenvalue weighted by Gasteiger charge is 2.12. The largest absolute Gasteiger partial charge is 0.309 e. The predicted octanol–water partition coefficient (Wildman–Crippen LogP) is 4.41. The molecule has 2 aromatic rings. The fraction of sp³-hybridized carbons (Fsp3) is 0.250. The molecule has 0 heterocycles. The Labute approximate surface area is 122 Å². The summed E-state index contributed by atoms with van der Waals surface area (Å²) >= 11 is 1.44. The highest BCUT2D eigenvalue weighted by Crippen LogP contribution is 2.27. The molecule has 2 rings (SSSR count). The van der Waals surface area contributed by atoms with Crippen LogP contribution in [0.4, 0.5) is 8.78 Å². The minimum absolute atomic E-state index is 0.000283. The van der Waals surface area contributed by atoms with Gasteiger partial charge in [-0.1, -0.05) is 31.2 Å². The van der Waals surface area contributed by atoms with Gasteiger partial charge in [0.25, 0.3) is 0 Å². The van der Waals surface area contributed by atoms with Crippen molar-refractivity contribution in [2.75, 3.05) is 12.3 Å². The summed E-state index contributed by atoms with van der Waals surface area (Å²) in [5.74, 6) is 0.186. The summed E-state index contributed by atoms with van der Waals surface area (Å²) in [5, 5.41) is 3.31. The normalized spacial score (nSPS) is 12.3. The van der Waals surface area contributed by atoms with Crippen LogP contribution in [0.3, 0.4) is 0 Å². The summed E-state index contributed by atoms with van der Waals surface area (Å²) in [7, 11) is 0. The fourth-order valence-electron chi connectivity index (χ4n) is 1.98. The van der Waals surface area contributed by atoms with Crippen molar-refractivity contribution in [1.29, 1.82) is 0 Å². The third-order valence-electron chi connectivity index (χ3n) is 2.94. The van der Waals surface area contributed by atoms with Crippen molar-refractivity contribution in [2.45, 2.75) is 17.9 Å². The van der Waals surface area contributed by atoms with Gasteiger partial charge in [-0.3, -0.25) is 0 Å². The zero-order chi connectivity index (χ0) is 14.4. The summed E-state index contributed by atoms with van der Waals surface area (Å²) in [6, 6.07) is 13.2. The van der Waals surface area contributed by atoms with Crippen LogP contribution in [0.1, 0.15) is 18.5 Å². The Balaban J connectivity index is 2.08. The van der Waals surface area contributed by atoms with E-state index in [1.165, 1.54) is 30.0 Å². The Morgan fingerprint density at radius 3 is 2.60 bits per heavy atom. The smallest absolute Gasteiger partial charge is 0.136 e. The van der Waals surface area contributed by atoms with Crippen molar-refractivity contribution in [1.82, 2.24) is 5.32 Å². The average Bonchev–Trinajstić information content (AvgIpc) is 2.45. The lowest BCUT2D eigenvalue weighted by molar-refractivity contribution is 0.585. The van der Waals surface area contributed by atoms with E-state index in [9.17, 15) is 8.78 Å². The Morgan fingerprint density at radius 1 is 1.10 bits per heavy atom. The van der Waals surface area contributed by atoms with E-state index in [1.54, 1.807) is 18.2 Å². The minimum Gasteiger partial charge on any atom is -0.309 e. The van der Waals surface area contributed by atoms with Gasteiger partial charge < -0.3 is 5.32 Å². The van der Waals surface area contributed by atoms with Gasteiger partial charge in [-0.25, -0.2) is 8.78 Å². The molecule has 1 nitrogen and oxygen atoms in total. The van der Waals surface area contributed by atoms with Crippen molar-refractivity contribution >= 4 is 11.8 Å². The lowest BCUT2D eigenvalue weighted by atomic mass is 10.1. The Bertz CT molecular complexity index is 560. The second kappa shape index (κ2) is 7.41. The van der Waals surface area contributed by atoms with Crippen LogP contribution in [0.25, 0.3) is 0 Å². The predicted molar refractivity (Wildman–Crippen MR) is 79.9 cm³/mol. The lowest BCUT2D eigenvalue weighted by Crippen LogP contribution is -2.23. The number of halogens is 2. The number of rotatable bonds is 6. The molecule has 0 aromatic heterocycles. The number of benzene rings is 2. The van der Waals surface area contributed by atoms with Gasteiger partial charge in [-0.15, -0.1) is 11.8 Å². The molecule has 0 spiro atoms. The molecule has 20 heavy (non-hydrogen) atoms. The van der Waals surface area contributed by atoms with Crippen LogP contribution in [-0.2, 0) is 0 Å². The molecular formula is C16H17F2NS. The van der Waals surface area contributed by atoms with Gasteiger partial charge in [0.15, 0.2) is 0 Å². The van der Waals surface area contributed by atoms with E-state index in [0.717, 1.165) is 12.1 Å². The number of thioether (sulfide) groups is 1. The average molecular weight is 293 g/mol. The molecular weight excluding hydrogens is 276 g/mol. The molecule has 0 fully saturated rings. The van der Waals surface area contributed by atoms with E-state index >= 15 is 0 Å². The summed E-state index contributed by atoms with van der Waals surface area (Å²) in [6.07, 6.45) is 0. The molecule has 0 saturated heterocycles. The van der Waals surface area contributed by atoms with Gasteiger partial charge >= 0.3 is 0 Å². The lowest BCUT2D eigenvalue weighted by Gasteiger charge is -2.18. The third kappa shape index (κ3) is 4.05. The number of nitrogens with one attached hydrogen (secondary N) is 1. The molecule has 1 unspecified atom stereocenters. The molecule has 0 radical (unpaired) electrons. The standard InChI is InChI=1S/C16H17F2NS/c1-2-19-15(12-6-5-7-13(17)10-12)11-20-16-9-4-3-8-14(16)18/h3-10,15,19H,2,11H2,1H3. The van der Waals surface area contributed by atoms with Gasteiger partial charge in [0.2, 0.25) is 0 Å². The van der Waals surface area contributed by atoms with Crippen LogP contribution in [0.5, 0.6) is 0 Å². The third-order valence-corrected chi connectivity index (χ3v) is 4.09. The van der Waals surface area contributed by atoms with Crippen LogP contribution in [0.2, 0.25) is 0 Å². The van der Waals surface area contributed by atoms with Crippen molar-refractivity contribution in [3.05, 3.63) is 65.7 Å². The molecule has 0 bridgehead atoms. The quantitative estimate of drug-likeness (QED) is 0.792. The van der Waals surface area contributed by atoms with E-state index in [2.05, 4.69) is 5.32 Å². The summed E-state index contributed by atoms with van der Waals surface area (Å²) in [4.78, 5) is 0.617. The molecule has 106 valence electrons. The van der Waals surface area contributed by atoms with E-state index in [0.29, 0.717) is 10.6 Å². The van der Waals surface area contributed by atoms with E-state index < -0.39 is 0 Å². The summed E-state index contributed by atoms with van der Waals surface area (Å²) < 4.78 is 26.9. The van der Waals surface area contributed by atoms with E-state index in [4.69, 9.17) is 0 Å². The molecule has 0 aliphatic rings. The molecule has 0 aliphatic carbocycles. The monoisotopic (exact) mass is 293 g/mol. The highest BCUT2D eigenvalue weighted by atomic mass is 32.2. The topological polar surface area (TPSA) is 12.0 Å². The zero-order valence-electron chi connectivity index (χ0n) is 11.3. The van der Waals surface area contributed by atoms with Gasteiger partial charge in [0.1, 0.15) is 11.6 Å².